The molecule has 0 aromatic heterocycles. The van der Waals surface area contributed by atoms with Gasteiger partial charge < -0.3 is 20.1 Å². The largest absolute Gasteiger partial charge is 0.388 e. The predicted molar refractivity (Wildman–Crippen MR) is 60.1 cm³/mol. The molecule has 1 aromatic rings. The summed E-state index contributed by atoms with van der Waals surface area (Å²) in [5.74, 6) is 0. The molecule has 0 radical (unpaired) electrons. The van der Waals surface area contributed by atoms with Crippen LogP contribution in [0.1, 0.15) is 0 Å². The summed E-state index contributed by atoms with van der Waals surface area (Å²) in [6.45, 7) is 0.0444. The van der Waals surface area contributed by atoms with Crippen LogP contribution in [0.5, 0.6) is 0 Å². The van der Waals surface area contributed by atoms with Gasteiger partial charge in [-0.25, -0.2) is 0 Å². The molecule has 2 rings (SSSR count). The van der Waals surface area contributed by atoms with Crippen LogP contribution >= 0.6 is 11.8 Å². The van der Waals surface area contributed by atoms with Gasteiger partial charge in [-0.3, -0.25) is 0 Å². The zero-order valence-corrected chi connectivity index (χ0v) is 9.38. The van der Waals surface area contributed by atoms with Crippen molar-refractivity contribution in [1.82, 2.24) is 0 Å². The summed E-state index contributed by atoms with van der Waals surface area (Å²) in [5, 5.41) is 28.5. The molecule has 1 heterocycles. The van der Waals surface area contributed by atoms with Crippen molar-refractivity contribution in [2.45, 2.75) is 28.6 Å². The van der Waals surface area contributed by atoms with Crippen molar-refractivity contribution < 1.29 is 20.1 Å². The van der Waals surface area contributed by atoms with Crippen molar-refractivity contribution in [2.24, 2.45) is 0 Å². The van der Waals surface area contributed by atoms with Gasteiger partial charge in [0.15, 0.2) is 0 Å². The number of rotatable bonds is 2. The van der Waals surface area contributed by atoms with Crippen molar-refractivity contribution >= 4 is 11.8 Å². The first kappa shape index (κ1) is 11.9. The van der Waals surface area contributed by atoms with E-state index in [2.05, 4.69) is 0 Å². The second kappa shape index (κ2) is 5.16. The van der Waals surface area contributed by atoms with E-state index >= 15 is 0 Å². The maximum absolute atomic E-state index is 9.71. The lowest BCUT2D eigenvalue weighted by molar-refractivity contribution is -0.161. The molecule has 1 aromatic carbocycles. The predicted octanol–water partition coefficient (Wildman–Crippen LogP) is 0.218. The number of aliphatic hydroxyl groups excluding tert-OH is 3. The minimum absolute atomic E-state index is 0.0444. The van der Waals surface area contributed by atoms with Crippen LogP contribution in [-0.4, -0.2) is 45.7 Å². The minimum atomic E-state index is -1.14. The van der Waals surface area contributed by atoms with Gasteiger partial charge in [-0.2, -0.15) is 0 Å². The van der Waals surface area contributed by atoms with E-state index in [0.717, 1.165) is 4.90 Å². The van der Waals surface area contributed by atoms with Gasteiger partial charge in [0, 0.05) is 4.90 Å². The SMILES string of the molecule is O[C@@H]1[C@@H](O)[C@H](Sc2ccccc2)OC[C@@H]1O. The topological polar surface area (TPSA) is 69.9 Å². The molecule has 16 heavy (non-hydrogen) atoms. The molecule has 0 bridgehead atoms. The summed E-state index contributed by atoms with van der Waals surface area (Å²) in [4.78, 5) is 0.954. The van der Waals surface area contributed by atoms with Gasteiger partial charge in [0.2, 0.25) is 0 Å². The van der Waals surface area contributed by atoms with Crippen molar-refractivity contribution in [3.63, 3.8) is 0 Å². The van der Waals surface area contributed by atoms with E-state index in [0.29, 0.717) is 0 Å². The number of aliphatic hydroxyl groups is 3. The third-order valence-electron chi connectivity index (χ3n) is 2.45. The highest BCUT2D eigenvalue weighted by molar-refractivity contribution is 7.99. The molecule has 0 aliphatic carbocycles. The average molecular weight is 242 g/mol. The molecule has 0 saturated carbocycles. The maximum Gasteiger partial charge on any atom is 0.136 e. The average Bonchev–Trinajstić information content (AvgIpc) is 2.31. The molecule has 1 aliphatic rings. The molecule has 0 unspecified atom stereocenters. The van der Waals surface area contributed by atoms with E-state index in [4.69, 9.17) is 4.74 Å². The Hall–Kier alpha value is -0.590. The Kier molecular flexibility index (Phi) is 3.83. The minimum Gasteiger partial charge on any atom is -0.388 e. The molecule has 5 heteroatoms. The van der Waals surface area contributed by atoms with Gasteiger partial charge in [0.25, 0.3) is 0 Å². The fourth-order valence-corrected chi connectivity index (χ4v) is 2.55. The van der Waals surface area contributed by atoms with Crippen LogP contribution in [0.25, 0.3) is 0 Å². The van der Waals surface area contributed by atoms with E-state index in [-0.39, 0.29) is 6.61 Å². The summed E-state index contributed by atoms with van der Waals surface area (Å²) in [6.07, 6.45) is -3.23. The molecule has 0 amide bonds. The Morgan fingerprint density at radius 3 is 2.44 bits per heavy atom. The Bertz CT molecular complexity index is 332. The Morgan fingerprint density at radius 1 is 1.06 bits per heavy atom. The van der Waals surface area contributed by atoms with E-state index in [1.54, 1.807) is 0 Å². The normalized spacial score (nSPS) is 34.9. The Morgan fingerprint density at radius 2 is 1.75 bits per heavy atom. The molecule has 1 fully saturated rings. The highest BCUT2D eigenvalue weighted by Crippen LogP contribution is 2.30. The zero-order valence-electron chi connectivity index (χ0n) is 8.56. The standard InChI is InChI=1S/C11H14O4S/c12-8-6-15-11(10(14)9(8)13)16-7-4-2-1-3-5-7/h1-5,8-14H,6H2/t8-,9-,10+,11-/m0/s1. The lowest BCUT2D eigenvalue weighted by atomic mass is 10.1. The third-order valence-corrected chi connectivity index (χ3v) is 3.64. The van der Waals surface area contributed by atoms with Gasteiger partial charge in [-0.1, -0.05) is 30.0 Å². The molecule has 4 nitrogen and oxygen atoms in total. The lowest BCUT2D eigenvalue weighted by Gasteiger charge is -2.34. The fraction of sp³-hybridized carbons (Fsp3) is 0.455. The van der Waals surface area contributed by atoms with Crippen LogP contribution in [0, 0.1) is 0 Å². The van der Waals surface area contributed by atoms with Gasteiger partial charge in [0.1, 0.15) is 23.7 Å². The van der Waals surface area contributed by atoms with Crippen LogP contribution < -0.4 is 0 Å². The Balaban J connectivity index is 2.00. The molecular weight excluding hydrogens is 228 g/mol. The van der Waals surface area contributed by atoms with E-state index in [9.17, 15) is 15.3 Å². The number of ether oxygens (including phenoxy) is 1. The van der Waals surface area contributed by atoms with Gasteiger partial charge in [-0.05, 0) is 12.1 Å². The molecule has 3 N–H and O–H groups in total. The lowest BCUT2D eigenvalue weighted by Crippen LogP contribution is -2.51. The summed E-state index contributed by atoms with van der Waals surface area (Å²) < 4.78 is 5.28. The van der Waals surface area contributed by atoms with Crippen molar-refractivity contribution in [2.75, 3.05) is 6.61 Å². The van der Waals surface area contributed by atoms with Crippen LogP contribution in [0.15, 0.2) is 35.2 Å². The van der Waals surface area contributed by atoms with Crippen LogP contribution in [0.3, 0.4) is 0 Å². The highest BCUT2D eigenvalue weighted by atomic mass is 32.2. The van der Waals surface area contributed by atoms with Crippen LogP contribution in [0.2, 0.25) is 0 Å². The van der Waals surface area contributed by atoms with Crippen molar-refractivity contribution in [3.05, 3.63) is 30.3 Å². The van der Waals surface area contributed by atoms with E-state index < -0.39 is 23.7 Å². The molecule has 1 saturated heterocycles. The first-order valence-corrected chi connectivity index (χ1v) is 5.94. The zero-order chi connectivity index (χ0) is 11.5. The number of benzene rings is 1. The van der Waals surface area contributed by atoms with Gasteiger partial charge in [0.05, 0.1) is 6.61 Å². The summed E-state index contributed by atoms with van der Waals surface area (Å²) >= 11 is 1.34. The number of hydrogen-bond donors (Lipinski definition) is 3. The second-order valence-electron chi connectivity index (χ2n) is 3.68. The van der Waals surface area contributed by atoms with Crippen molar-refractivity contribution in [1.29, 1.82) is 0 Å². The molecule has 0 spiro atoms. The number of hydrogen-bond acceptors (Lipinski definition) is 5. The molecule has 88 valence electrons. The third kappa shape index (κ3) is 2.56. The summed E-state index contributed by atoms with van der Waals surface area (Å²) in [7, 11) is 0. The summed E-state index contributed by atoms with van der Waals surface area (Å²) in [5.41, 5.74) is -0.541. The smallest absolute Gasteiger partial charge is 0.136 e. The maximum atomic E-state index is 9.71. The Labute approximate surface area is 97.9 Å². The summed E-state index contributed by atoms with van der Waals surface area (Å²) in [6, 6.07) is 9.49. The van der Waals surface area contributed by atoms with Crippen molar-refractivity contribution in [3.8, 4) is 0 Å². The monoisotopic (exact) mass is 242 g/mol. The fourth-order valence-electron chi connectivity index (χ4n) is 1.52. The quantitative estimate of drug-likeness (QED) is 0.692. The van der Waals surface area contributed by atoms with Gasteiger partial charge >= 0.3 is 0 Å². The molecule has 4 atom stereocenters. The molecular formula is C11H14O4S. The highest BCUT2D eigenvalue weighted by Gasteiger charge is 2.37. The van der Waals surface area contributed by atoms with Gasteiger partial charge in [-0.15, -0.1) is 0 Å². The van der Waals surface area contributed by atoms with Crippen LogP contribution in [0.4, 0.5) is 0 Å². The first-order chi connectivity index (χ1) is 7.68. The van der Waals surface area contributed by atoms with E-state index in [1.807, 2.05) is 30.3 Å². The number of thioether (sulfide) groups is 1. The molecule has 1 aliphatic heterocycles. The second-order valence-corrected chi connectivity index (χ2v) is 4.85. The first-order valence-electron chi connectivity index (χ1n) is 5.06. The van der Waals surface area contributed by atoms with Crippen LogP contribution in [-0.2, 0) is 4.74 Å². The van der Waals surface area contributed by atoms with E-state index in [1.165, 1.54) is 11.8 Å².